The van der Waals surface area contributed by atoms with Crippen LogP contribution in [0.3, 0.4) is 0 Å². The Kier molecular flexibility index (Phi) is 4.52. The van der Waals surface area contributed by atoms with Gasteiger partial charge >= 0.3 is 0 Å². The Bertz CT molecular complexity index is 398. The molecule has 2 heteroatoms. The number of ether oxygens (including phenoxy) is 1. The molecule has 0 aromatic heterocycles. The highest BCUT2D eigenvalue weighted by Crippen LogP contribution is 2.27. The van der Waals surface area contributed by atoms with Gasteiger partial charge in [0.2, 0.25) is 0 Å². The van der Waals surface area contributed by atoms with E-state index in [0.717, 1.165) is 25.7 Å². The Morgan fingerprint density at radius 1 is 1.11 bits per heavy atom. The maximum Gasteiger partial charge on any atom is 0.0721 e. The predicted molar refractivity (Wildman–Crippen MR) is 78.0 cm³/mol. The predicted octanol–water partition coefficient (Wildman–Crippen LogP) is 3.82. The number of fused-ring (bicyclic) bond motifs is 1. The number of benzene rings is 1. The lowest BCUT2D eigenvalue weighted by atomic mass is 9.87. The Balaban J connectivity index is 1.50. The van der Waals surface area contributed by atoms with Crippen LogP contribution in [-0.2, 0) is 11.3 Å². The van der Waals surface area contributed by atoms with E-state index in [9.17, 15) is 0 Å². The molecule has 1 saturated carbocycles. The highest BCUT2D eigenvalue weighted by molar-refractivity contribution is 5.30. The van der Waals surface area contributed by atoms with Crippen LogP contribution >= 0.6 is 0 Å². The monoisotopic (exact) mass is 259 g/mol. The molecular weight excluding hydrogens is 234 g/mol. The molecular formula is C17H25NO. The fourth-order valence-corrected chi connectivity index (χ4v) is 3.49. The molecule has 0 saturated heterocycles. The molecule has 1 aromatic carbocycles. The Labute approximate surface area is 116 Å². The lowest BCUT2D eigenvalue weighted by Crippen LogP contribution is -2.31. The van der Waals surface area contributed by atoms with Crippen LogP contribution in [0.1, 0.15) is 55.7 Å². The molecule has 1 aliphatic carbocycles. The molecule has 19 heavy (non-hydrogen) atoms. The molecule has 1 unspecified atom stereocenters. The van der Waals surface area contributed by atoms with Crippen LogP contribution < -0.4 is 5.32 Å². The van der Waals surface area contributed by atoms with Crippen molar-refractivity contribution in [1.82, 2.24) is 5.32 Å². The molecule has 0 bridgehead atoms. The molecule has 3 rings (SSSR count). The zero-order valence-corrected chi connectivity index (χ0v) is 11.7. The van der Waals surface area contributed by atoms with Gasteiger partial charge in [-0.15, -0.1) is 0 Å². The number of nitrogens with one attached hydrogen (secondary N) is 1. The van der Waals surface area contributed by atoms with Gasteiger partial charge < -0.3 is 10.1 Å². The Hall–Kier alpha value is -0.860. The van der Waals surface area contributed by atoms with E-state index in [1.807, 2.05) is 0 Å². The van der Waals surface area contributed by atoms with E-state index in [-0.39, 0.29) is 0 Å². The highest BCUT2D eigenvalue weighted by atomic mass is 16.5. The van der Waals surface area contributed by atoms with Crippen molar-refractivity contribution in [1.29, 1.82) is 0 Å². The molecule has 0 amide bonds. The summed E-state index contributed by atoms with van der Waals surface area (Å²) in [5.74, 6) is 0.959. The second kappa shape index (κ2) is 6.53. The van der Waals surface area contributed by atoms with Gasteiger partial charge in [0.15, 0.2) is 0 Å². The summed E-state index contributed by atoms with van der Waals surface area (Å²) in [6, 6.07) is 9.07. The topological polar surface area (TPSA) is 21.3 Å². The molecule has 0 radical (unpaired) electrons. The summed E-state index contributed by atoms with van der Waals surface area (Å²) >= 11 is 0. The number of hydrogen-bond acceptors (Lipinski definition) is 2. The molecule has 0 spiro atoms. The van der Waals surface area contributed by atoms with E-state index >= 15 is 0 Å². The summed E-state index contributed by atoms with van der Waals surface area (Å²) in [6.07, 6.45) is 8.56. The molecule has 1 aliphatic heterocycles. The van der Waals surface area contributed by atoms with Crippen molar-refractivity contribution in [3.05, 3.63) is 35.4 Å². The zero-order chi connectivity index (χ0) is 12.9. The summed E-state index contributed by atoms with van der Waals surface area (Å²) in [7, 11) is 0. The SMILES string of the molecule is c1ccc2c(c1)COCC2NCCC1CCCCC1. The van der Waals surface area contributed by atoms with Gasteiger partial charge in [-0.2, -0.15) is 0 Å². The lowest BCUT2D eigenvalue weighted by molar-refractivity contribution is 0.0815. The van der Waals surface area contributed by atoms with Crippen LogP contribution in [0, 0.1) is 5.92 Å². The van der Waals surface area contributed by atoms with E-state index in [0.29, 0.717) is 6.04 Å². The van der Waals surface area contributed by atoms with Gasteiger partial charge in [-0.3, -0.25) is 0 Å². The standard InChI is InChI=1S/C17H25NO/c1-2-6-14(7-3-1)10-11-18-17-13-19-12-15-8-4-5-9-16(15)17/h4-5,8-9,14,17-18H,1-3,6-7,10-13H2. The average molecular weight is 259 g/mol. The Morgan fingerprint density at radius 2 is 1.95 bits per heavy atom. The maximum atomic E-state index is 5.69. The van der Waals surface area contributed by atoms with Crippen molar-refractivity contribution >= 4 is 0 Å². The smallest absolute Gasteiger partial charge is 0.0721 e. The molecule has 1 fully saturated rings. The van der Waals surface area contributed by atoms with Crippen molar-refractivity contribution in [2.45, 2.75) is 51.2 Å². The van der Waals surface area contributed by atoms with Crippen molar-refractivity contribution in [2.24, 2.45) is 5.92 Å². The Morgan fingerprint density at radius 3 is 2.84 bits per heavy atom. The minimum Gasteiger partial charge on any atom is -0.375 e. The van der Waals surface area contributed by atoms with Crippen molar-refractivity contribution in [2.75, 3.05) is 13.2 Å². The van der Waals surface area contributed by atoms with E-state index in [2.05, 4.69) is 29.6 Å². The second-order valence-electron chi connectivity index (χ2n) is 6.01. The van der Waals surface area contributed by atoms with Crippen LogP contribution in [0.25, 0.3) is 0 Å². The van der Waals surface area contributed by atoms with Gasteiger partial charge in [0, 0.05) is 0 Å². The molecule has 1 heterocycles. The number of rotatable bonds is 4. The highest BCUT2D eigenvalue weighted by Gasteiger charge is 2.20. The third-order valence-electron chi connectivity index (χ3n) is 4.64. The molecule has 2 aliphatic rings. The quantitative estimate of drug-likeness (QED) is 0.887. The van der Waals surface area contributed by atoms with Crippen LogP contribution in [0.5, 0.6) is 0 Å². The largest absolute Gasteiger partial charge is 0.375 e. The first kappa shape index (κ1) is 13.1. The molecule has 2 nitrogen and oxygen atoms in total. The van der Waals surface area contributed by atoms with Crippen LogP contribution in [-0.4, -0.2) is 13.2 Å². The van der Waals surface area contributed by atoms with E-state index in [1.165, 1.54) is 49.7 Å². The normalized spacial score (nSPS) is 24.1. The fraction of sp³-hybridized carbons (Fsp3) is 0.647. The van der Waals surface area contributed by atoms with E-state index in [4.69, 9.17) is 4.74 Å². The first-order valence-corrected chi connectivity index (χ1v) is 7.82. The lowest BCUT2D eigenvalue weighted by Gasteiger charge is -2.28. The van der Waals surface area contributed by atoms with E-state index in [1.54, 1.807) is 0 Å². The van der Waals surface area contributed by atoms with Crippen LogP contribution in [0.15, 0.2) is 24.3 Å². The molecule has 1 aromatic rings. The zero-order valence-electron chi connectivity index (χ0n) is 11.7. The summed E-state index contributed by atoms with van der Waals surface area (Å²) < 4.78 is 5.69. The first-order chi connectivity index (χ1) is 9.43. The maximum absolute atomic E-state index is 5.69. The minimum absolute atomic E-state index is 0.397. The van der Waals surface area contributed by atoms with Gasteiger partial charge in [-0.05, 0) is 30.0 Å². The molecule has 1 atom stereocenters. The molecule has 1 N–H and O–H groups in total. The van der Waals surface area contributed by atoms with Gasteiger partial charge in [0.25, 0.3) is 0 Å². The third-order valence-corrected chi connectivity index (χ3v) is 4.64. The van der Waals surface area contributed by atoms with Gasteiger partial charge in [0.05, 0.1) is 19.3 Å². The number of hydrogen-bond donors (Lipinski definition) is 1. The van der Waals surface area contributed by atoms with Crippen LogP contribution in [0.2, 0.25) is 0 Å². The average Bonchev–Trinajstić information content (AvgIpc) is 2.49. The summed E-state index contributed by atoms with van der Waals surface area (Å²) in [6.45, 7) is 2.73. The first-order valence-electron chi connectivity index (χ1n) is 7.82. The van der Waals surface area contributed by atoms with Gasteiger partial charge in [-0.25, -0.2) is 0 Å². The van der Waals surface area contributed by atoms with Crippen molar-refractivity contribution < 1.29 is 4.74 Å². The fourth-order valence-electron chi connectivity index (χ4n) is 3.49. The third kappa shape index (κ3) is 3.37. The van der Waals surface area contributed by atoms with Crippen molar-refractivity contribution in [3.63, 3.8) is 0 Å². The summed E-state index contributed by atoms with van der Waals surface area (Å²) in [4.78, 5) is 0. The minimum atomic E-state index is 0.397. The van der Waals surface area contributed by atoms with Crippen molar-refractivity contribution in [3.8, 4) is 0 Å². The summed E-state index contributed by atoms with van der Waals surface area (Å²) in [5, 5.41) is 3.70. The summed E-state index contributed by atoms with van der Waals surface area (Å²) in [5.41, 5.74) is 2.79. The second-order valence-corrected chi connectivity index (χ2v) is 6.01. The van der Waals surface area contributed by atoms with Crippen LogP contribution in [0.4, 0.5) is 0 Å². The van der Waals surface area contributed by atoms with Gasteiger partial charge in [0.1, 0.15) is 0 Å². The van der Waals surface area contributed by atoms with E-state index < -0.39 is 0 Å². The molecule has 104 valence electrons. The van der Waals surface area contributed by atoms with Gasteiger partial charge in [-0.1, -0.05) is 56.4 Å².